The summed E-state index contributed by atoms with van der Waals surface area (Å²) in [6.45, 7) is 2.79. The summed E-state index contributed by atoms with van der Waals surface area (Å²) in [5, 5.41) is 0. The number of hydrogen-bond acceptors (Lipinski definition) is 3. The van der Waals surface area contributed by atoms with Gasteiger partial charge in [0.15, 0.2) is 6.29 Å². The van der Waals surface area contributed by atoms with Gasteiger partial charge in [0.25, 0.3) is 0 Å². The van der Waals surface area contributed by atoms with Crippen LogP contribution >= 0.6 is 0 Å². The number of carbonyl (C=O) groups is 1. The average Bonchev–Trinajstić information content (AvgIpc) is 2.81. The number of benzene rings is 2. The maximum Gasteiger partial charge on any atom is 0.324 e. The van der Waals surface area contributed by atoms with Crippen LogP contribution in [0.2, 0.25) is 6.82 Å². The quantitative estimate of drug-likeness (QED) is 0.622. The lowest BCUT2D eigenvalue weighted by molar-refractivity contribution is 0.112. The minimum Gasteiger partial charge on any atom is -0.457 e. The molecule has 1 heterocycles. The molecule has 3 rings (SSSR count). The highest BCUT2D eigenvalue weighted by atomic mass is 16.5. The van der Waals surface area contributed by atoms with Crippen LogP contribution in [0.25, 0.3) is 0 Å². The van der Waals surface area contributed by atoms with E-state index in [2.05, 4.69) is 0 Å². The molecule has 94 valence electrons. The van der Waals surface area contributed by atoms with Crippen LogP contribution in [0.1, 0.15) is 15.9 Å². The van der Waals surface area contributed by atoms with E-state index in [1.807, 2.05) is 37.2 Å². The van der Waals surface area contributed by atoms with Gasteiger partial charge in [-0.15, -0.1) is 0 Å². The first-order valence-corrected chi connectivity index (χ1v) is 6.24. The van der Waals surface area contributed by atoms with Gasteiger partial charge in [-0.2, -0.15) is 0 Å². The van der Waals surface area contributed by atoms with Gasteiger partial charge in [-0.3, -0.25) is 4.79 Å². The minimum atomic E-state index is 0.145. The standard InChI is InChI=1S/C15H13BO3/c1-16-14-7-6-13(8-12(14)10-18-16)19-15-5-3-2-4-11(15)9-17/h2-9H,10H2,1H3. The molecule has 1 aliphatic heterocycles. The Morgan fingerprint density at radius 3 is 2.95 bits per heavy atom. The Bertz CT molecular complexity index is 625. The number of ether oxygens (including phenoxy) is 1. The highest BCUT2D eigenvalue weighted by Crippen LogP contribution is 2.26. The maximum atomic E-state index is 10.9. The topological polar surface area (TPSA) is 35.5 Å². The van der Waals surface area contributed by atoms with E-state index in [-0.39, 0.29) is 6.92 Å². The van der Waals surface area contributed by atoms with Crippen molar-refractivity contribution < 1.29 is 14.2 Å². The van der Waals surface area contributed by atoms with Crippen LogP contribution in [0.5, 0.6) is 11.5 Å². The van der Waals surface area contributed by atoms with Crippen LogP contribution in [0.15, 0.2) is 42.5 Å². The van der Waals surface area contributed by atoms with Crippen molar-refractivity contribution >= 4 is 18.7 Å². The smallest absolute Gasteiger partial charge is 0.324 e. The molecule has 0 saturated carbocycles. The van der Waals surface area contributed by atoms with Gasteiger partial charge >= 0.3 is 6.92 Å². The molecule has 0 spiro atoms. The normalized spacial score (nSPS) is 13.2. The van der Waals surface area contributed by atoms with Crippen LogP contribution in [-0.4, -0.2) is 13.2 Å². The van der Waals surface area contributed by atoms with E-state index in [1.54, 1.807) is 12.1 Å². The molecule has 0 unspecified atom stereocenters. The summed E-state index contributed by atoms with van der Waals surface area (Å²) < 4.78 is 11.3. The molecule has 0 fully saturated rings. The Labute approximate surface area is 112 Å². The van der Waals surface area contributed by atoms with E-state index in [0.29, 0.717) is 17.9 Å². The second-order valence-corrected chi connectivity index (χ2v) is 4.57. The zero-order valence-corrected chi connectivity index (χ0v) is 10.6. The Morgan fingerprint density at radius 1 is 1.26 bits per heavy atom. The van der Waals surface area contributed by atoms with Crippen LogP contribution in [0, 0.1) is 0 Å². The van der Waals surface area contributed by atoms with Gasteiger partial charge in [0.2, 0.25) is 0 Å². The van der Waals surface area contributed by atoms with Crippen molar-refractivity contribution in [3.05, 3.63) is 53.6 Å². The Hall–Kier alpha value is -2.07. The molecule has 0 radical (unpaired) electrons. The number of para-hydroxylation sites is 1. The Balaban J connectivity index is 1.90. The third-order valence-corrected chi connectivity index (χ3v) is 3.32. The maximum absolute atomic E-state index is 10.9. The van der Waals surface area contributed by atoms with Gasteiger partial charge in [0.05, 0.1) is 12.2 Å². The first-order valence-electron chi connectivity index (χ1n) is 6.24. The third-order valence-electron chi connectivity index (χ3n) is 3.32. The summed E-state index contributed by atoms with van der Waals surface area (Å²) >= 11 is 0. The van der Waals surface area contributed by atoms with Crippen LogP contribution in [0.3, 0.4) is 0 Å². The molecule has 0 amide bonds. The zero-order valence-electron chi connectivity index (χ0n) is 10.6. The largest absolute Gasteiger partial charge is 0.457 e. The molecule has 0 aromatic heterocycles. The van der Waals surface area contributed by atoms with Crippen LogP contribution in [0.4, 0.5) is 0 Å². The summed E-state index contributed by atoms with van der Waals surface area (Å²) in [6, 6.07) is 13.1. The summed E-state index contributed by atoms with van der Waals surface area (Å²) in [7, 11) is 0. The molecular weight excluding hydrogens is 239 g/mol. The number of carbonyl (C=O) groups excluding carboxylic acids is 1. The summed E-state index contributed by atoms with van der Waals surface area (Å²) in [6.07, 6.45) is 0.799. The van der Waals surface area contributed by atoms with E-state index in [1.165, 1.54) is 5.46 Å². The van der Waals surface area contributed by atoms with Gasteiger partial charge in [0.1, 0.15) is 11.5 Å². The summed E-state index contributed by atoms with van der Waals surface area (Å²) in [5.41, 5.74) is 2.90. The van der Waals surface area contributed by atoms with Gasteiger partial charge in [-0.25, -0.2) is 0 Å². The van der Waals surface area contributed by atoms with Crippen molar-refractivity contribution in [2.24, 2.45) is 0 Å². The highest BCUT2D eigenvalue weighted by Gasteiger charge is 2.23. The van der Waals surface area contributed by atoms with Gasteiger partial charge < -0.3 is 9.39 Å². The van der Waals surface area contributed by atoms with E-state index < -0.39 is 0 Å². The molecule has 19 heavy (non-hydrogen) atoms. The summed E-state index contributed by atoms with van der Waals surface area (Å²) in [5.74, 6) is 1.30. The zero-order chi connectivity index (χ0) is 13.2. The fourth-order valence-corrected chi connectivity index (χ4v) is 2.27. The molecule has 2 aromatic carbocycles. The predicted octanol–water partition coefficient (Wildman–Crippen LogP) is 2.65. The molecule has 0 aliphatic carbocycles. The van der Waals surface area contributed by atoms with Crippen molar-refractivity contribution in [2.75, 3.05) is 0 Å². The lowest BCUT2D eigenvalue weighted by Crippen LogP contribution is -2.23. The lowest BCUT2D eigenvalue weighted by Gasteiger charge is -2.09. The molecule has 0 atom stereocenters. The lowest BCUT2D eigenvalue weighted by atomic mass is 9.64. The van der Waals surface area contributed by atoms with E-state index in [9.17, 15) is 4.79 Å². The molecule has 3 nitrogen and oxygen atoms in total. The van der Waals surface area contributed by atoms with Gasteiger partial charge in [0, 0.05) is 0 Å². The number of aldehydes is 1. The second kappa shape index (κ2) is 4.90. The van der Waals surface area contributed by atoms with Crippen molar-refractivity contribution in [1.82, 2.24) is 0 Å². The van der Waals surface area contributed by atoms with Gasteiger partial charge in [-0.1, -0.05) is 25.0 Å². The first kappa shape index (κ1) is 12.0. The molecule has 2 aromatic rings. The Kier molecular flexibility index (Phi) is 3.09. The van der Waals surface area contributed by atoms with Crippen molar-refractivity contribution in [3.8, 4) is 11.5 Å². The SMILES string of the molecule is CB1OCc2cc(Oc3ccccc3C=O)ccc21. The number of hydrogen-bond donors (Lipinski definition) is 0. The van der Waals surface area contributed by atoms with Crippen molar-refractivity contribution in [2.45, 2.75) is 13.4 Å². The number of rotatable bonds is 3. The molecule has 0 bridgehead atoms. The van der Waals surface area contributed by atoms with Crippen LogP contribution in [-0.2, 0) is 11.3 Å². The predicted molar refractivity (Wildman–Crippen MR) is 74.4 cm³/mol. The number of fused-ring (bicyclic) bond motifs is 1. The third kappa shape index (κ3) is 2.27. The van der Waals surface area contributed by atoms with Crippen molar-refractivity contribution in [3.63, 3.8) is 0 Å². The molecule has 0 N–H and O–H groups in total. The fraction of sp³-hybridized carbons (Fsp3) is 0.133. The van der Waals surface area contributed by atoms with Gasteiger partial charge in [-0.05, 0) is 35.3 Å². The van der Waals surface area contributed by atoms with E-state index >= 15 is 0 Å². The van der Waals surface area contributed by atoms with E-state index in [4.69, 9.17) is 9.39 Å². The van der Waals surface area contributed by atoms with Crippen molar-refractivity contribution in [1.29, 1.82) is 0 Å². The molecule has 4 heteroatoms. The Morgan fingerprint density at radius 2 is 2.11 bits per heavy atom. The van der Waals surface area contributed by atoms with E-state index in [0.717, 1.165) is 17.6 Å². The minimum absolute atomic E-state index is 0.145. The highest BCUT2D eigenvalue weighted by molar-refractivity contribution is 6.67. The monoisotopic (exact) mass is 252 g/mol. The first-order chi connectivity index (χ1) is 9.28. The fourth-order valence-electron chi connectivity index (χ4n) is 2.27. The molecule has 1 aliphatic rings. The molecular formula is C15H13BO3. The second-order valence-electron chi connectivity index (χ2n) is 4.57. The van der Waals surface area contributed by atoms with Crippen LogP contribution < -0.4 is 10.2 Å². The summed E-state index contributed by atoms with van der Waals surface area (Å²) in [4.78, 5) is 10.9. The molecule has 0 saturated heterocycles. The average molecular weight is 252 g/mol.